The van der Waals surface area contributed by atoms with Gasteiger partial charge in [-0.15, -0.1) is 0 Å². The van der Waals surface area contributed by atoms with Crippen molar-refractivity contribution in [2.75, 3.05) is 14.2 Å². The van der Waals surface area contributed by atoms with Crippen LogP contribution in [-0.4, -0.2) is 33.3 Å². The summed E-state index contributed by atoms with van der Waals surface area (Å²) in [6.07, 6.45) is 3.62. The van der Waals surface area contributed by atoms with Crippen molar-refractivity contribution in [2.45, 2.75) is 13.5 Å². The van der Waals surface area contributed by atoms with Gasteiger partial charge in [-0.25, -0.2) is 9.78 Å². The molecular formula is C18H20N4O4. The van der Waals surface area contributed by atoms with E-state index in [9.17, 15) is 9.59 Å². The summed E-state index contributed by atoms with van der Waals surface area (Å²) in [5.74, 6) is 1.82. The normalized spacial score (nSPS) is 11.4. The summed E-state index contributed by atoms with van der Waals surface area (Å²) in [5, 5.41) is 0. The zero-order valence-corrected chi connectivity index (χ0v) is 15.1. The SMILES string of the molecule is CCn1c(=O)[nH]c2nc(/C=C/c3ccc(OC)c(OC)c3)n(C)c2c1=O. The second kappa shape index (κ2) is 6.91. The molecule has 8 heteroatoms. The van der Waals surface area contributed by atoms with Gasteiger partial charge >= 0.3 is 5.69 Å². The third-order valence-electron chi connectivity index (χ3n) is 4.20. The van der Waals surface area contributed by atoms with Crippen molar-refractivity contribution in [3.05, 3.63) is 50.4 Å². The Morgan fingerprint density at radius 3 is 2.54 bits per heavy atom. The molecule has 0 bridgehead atoms. The van der Waals surface area contributed by atoms with Crippen LogP contribution < -0.4 is 20.7 Å². The number of fused-ring (bicyclic) bond motifs is 1. The van der Waals surface area contributed by atoms with Crippen LogP contribution in [0.4, 0.5) is 0 Å². The molecule has 3 rings (SSSR count). The van der Waals surface area contributed by atoms with Crippen molar-refractivity contribution in [1.29, 1.82) is 0 Å². The number of imidazole rings is 1. The van der Waals surface area contributed by atoms with E-state index in [2.05, 4.69) is 9.97 Å². The first-order valence-electron chi connectivity index (χ1n) is 8.09. The summed E-state index contributed by atoms with van der Waals surface area (Å²) in [5.41, 5.74) is 0.706. The Morgan fingerprint density at radius 2 is 1.88 bits per heavy atom. The number of hydrogen-bond acceptors (Lipinski definition) is 5. The first-order valence-corrected chi connectivity index (χ1v) is 8.09. The summed E-state index contributed by atoms with van der Waals surface area (Å²) in [6.45, 7) is 2.04. The maximum absolute atomic E-state index is 12.5. The lowest BCUT2D eigenvalue weighted by Crippen LogP contribution is -2.34. The lowest BCUT2D eigenvalue weighted by molar-refractivity contribution is 0.355. The fourth-order valence-electron chi connectivity index (χ4n) is 2.80. The minimum atomic E-state index is -0.460. The summed E-state index contributed by atoms with van der Waals surface area (Å²) in [7, 11) is 4.89. The number of aromatic amines is 1. The molecule has 0 atom stereocenters. The molecule has 1 aromatic carbocycles. The topological polar surface area (TPSA) is 91.1 Å². The van der Waals surface area contributed by atoms with Gasteiger partial charge in [0.2, 0.25) is 0 Å². The van der Waals surface area contributed by atoms with Gasteiger partial charge < -0.3 is 14.0 Å². The van der Waals surface area contributed by atoms with E-state index in [1.165, 1.54) is 0 Å². The highest BCUT2D eigenvalue weighted by molar-refractivity contribution is 5.76. The van der Waals surface area contributed by atoms with Crippen molar-refractivity contribution in [2.24, 2.45) is 7.05 Å². The number of ether oxygens (including phenoxy) is 2. The molecule has 0 aliphatic heterocycles. The van der Waals surface area contributed by atoms with Crippen LogP contribution in [0.2, 0.25) is 0 Å². The molecule has 26 heavy (non-hydrogen) atoms. The number of benzene rings is 1. The summed E-state index contributed by atoms with van der Waals surface area (Å²) >= 11 is 0. The van der Waals surface area contributed by atoms with E-state index in [1.54, 1.807) is 38.8 Å². The zero-order valence-electron chi connectivity index (χ0n) is 15.1. The van der Waals surface area contributed by atoms with Crippen molar-refractivity contribution in [1.82, 2.24) is 19.1 Å². The first-order chi connectivity index (χ1) is 12.5. The Bertz CT molecular complexity index is 1100. The fraction of sp³-hybridized carbons (Fsp3) is 0.278. The number of nitrogens with zero attached hydrogens (tertiary/aromatic N) is 3. The van der Waals surface area contributed by atoms with E-state index in [1.807, 2.05) is 24.3 Å². The molecule has 0 unspecified atom stereocenters. The minimum absolute atomic E-state index is 0.277. The van der Waals surface area contributed by atoms with Crippen LogP contribution in [-0.2, 0) is 13.6 Å². The molecule has 0 spiro atoms. The molecule has 0 saturated carbocycles. The Labute approximate surface area is 149 Å². The van der Waals surface area contributed by atoms with Crippen molar-refractivity contribution >= 4 is 23.3 Å². The molecule has 2 aromatic heterocycles. The molecule has 2 heterocycles. The molecule has 0 aliphatic rings. The molecule has 0 amide bonds. The third kappa shape index (κ3) is 2.90. The van der Waals surface area contributed by atoms with Crippen LogP contribution in [0.25, 0.3) is 23.3 Å². The van der Waals surface area contributed by atoms with E-state index in [4.69, 9.17) is 9.47 Å². The zero-order chi connectivity index (χ0) is 18.8. The van der Waals surface area contributed by atoms with Gasteiger partial charge in [-0.1, -0.05) is 12.1 Å². The molecule has 0 aliphatic carbocycles. The average molecular weight is 356 g/mol. The van der Waals surface area contributed by atoms with Gasteiger partial charge in [0.1, 0.15) is 5.82 Å². The quantitative estimate of drug-likeness (QED) is 0.750. The smallest absolute Gasteiger partial charge is 0.330 e. The number of nitrogens with one attached hydrogen (secondary N) is 1. The van der Waals surface area contributed by atoms with Gasteiger partial charge in [0.05, 0.1) is 14.2 Å². The predicted octanol–water partition coefficient (Wildman–Crippen LogP) is 1.63. The number of H-pyrrole nitrogens is 1. The maximum atomic E-state index is 12.5. The van der Waals surface area contributed by atoms with Crippen LogP contribution >= 0.6 is 0 Å². The largest absolute Gasteiger partial charge is 0.493 e. The first kappa shape index (κ1) is 17.5. The highest BCUT2D eigenvalue weighted by Gasteiger charge is 2.13. The van der Waals surface area contributed by atoms with Gasteiger partial charge in [0.15, 0.2) is 22.7 Å². The molecule has 0 saturated heterocycles. The van der Waals surface area contributed by atoms with Gasteiger partial charge in [-0.3, -0.25) is 14.3 Å². The lowest BCUT2D eigenvalue weighted by atomic mass is 10.2. The Balaban J connectivity index is 2.06. The predicted molar refractivity (Wildman–Crippen MR) is 99.7 cm³/mol. The van der Waals surface area contributed by atoms with Crippen molar-refractivity contribution < 1.29 is 9.47 Å². The standard InChI is InChI=1S/C18H20N4O4/c1-5-22-17(23)15-16(20-18(22)24)19-14(21(15)2)9-7-11-6-8-12(25-3)13(10-11)26-4/h6-10H,5H2,1-4H3,(H,20,24)/b9-7+. The van der Waals surface area contributed by atoms with E-state index in [0.717, 1.165) is 10.1 Å². The molecule has 1 N–H and O–H groups in total. The third-order valence-corrected chi connectivity index (χ3v) is 4.20. The number of hydrogen-bond donors (Lipinski definition) is 1. The number of methoxy groups -OCH3 is 2. The molecule has 136 valence electrons. The highest BCUT2D eigenvalue weighted by atomic mass is 16.5. The molecule has 8 nitrogen and oxygen atoms in total. The van der Waals surface area contributed by atoms with Crippen LogP contribution in [0.5, 0.6) is 11.5 Å². The van der Waals surface area contributed by atoms with Gasteiger partial charge in [0.25, 0.3) is 5.56 Å². The monoisotopic (exact) mass is 356 g/mol. The number of aryl methyl sites for hydroxylation is 1. The summed E-state index contributed by atoms with van der Waals surface area (Å²) in [4.78, 5) is 31.4. The van der Waals surface area contributed by atoms with Crippen LogP contribution in [0.1, 0.15) is 18.3 Å². The minimum Gasteiger partial charge on any atom is -0.493 e. The second-order valence-electron chi connectivity index (χ2n) is 5.65. The van der Waals surface area contributed by atoms with Crippen LogP contribution in [0, 0.1) is 0 Å². The van der Waals surface area contributed by atoms with Crippen molar-refractivity contribution in [3.8, 4) is 11.5 Å². The van der Waals surface area contributed by atoms with Gasteiger partial charge in [-0.2, -0.15) is 0 Å². The number of rotatable bonds is 5. The Hall–Kier alpha value is -3.29. The van der Waals surface area contributed by atoms with Crippen LogP contribution in [0.15, 0.2) is 27.8 Å². The van der Waals surface area contributed by atoms with Gasteiger partial charge in [-0.05, 0) is 30.7 Å². The second-order valence-corrected chi connectivity index (χ2v) is 5.65. The Morgan fingerprint density at radius 1 is 1.15 bits per heavy atom. The van der Waals surface area contributed by atoms with E-state index < -0.39 is 5.69 Å². The average Bonchev–Trinajstić information content (AvgIpc) is 2.95. The molecule has 0 radical (unpaired) electrons. The van der Waals surface area contributed by atoms with E-state index in [-0.39, 0.29) is 11.2 Å². The number of aromatic nitrogens is 4. The fourth-order valence-corrected chi connectivity index (χ4v) is 2.80. The van der Waals surface area contributed by atoms with Crippen molar-refractivity contribution in [3.63, 3.8) is 0 Å². The highest BCUT2D eigenvalue weighted by Crippen LogP contribution is 2.28. The van der Waals surface area contributed by atoms with E-state index >= 15 is 0 Å². The molecule has 3 aromatic rings. The van der Waals surface area contributed by atoms with Crippen LogP contribution in [0.3, 0.4) is 0 Å². The van der Waals surface area contributed by atoms with Gasteiger partial charge in [0, 0.05) is 13.6 Å². The Kier molecular flexibility index (Phi) is 4.66. The summed E-state index contributed by atoms with van der Waals surface area (Å²) < 4.78 is 13.3. The maximum Gasteiger partial charge on any atom is 0.330 e. The molecular weight excluding hydrogens is 336 g/mol. The summed E-state index contributed by atoms with van der Waals surface area (Å²) in [6, 6.07) is 5.53. The lowest BCUT2D eigenvalue weighted by Gasteiger charge is -2.07. The van der Waals surface area contributed by atoms with E-state index in [0.29, 0.717) is 29.4 Å². The molecule has 0 fully saturated rings.